The van der Waals surface area contributed by atoms with Crippen LogP contribution in [0.25, 0.3) is 0 Å². The molecule has 2 aromatic rings. The first-order valence-corrected chi connectivity index (χ1v) is 7.69. The highest BCUT2D eigenvalue weighted by Crippen LogP contribution is 2.42. The summed E-state index contributed by atoms with van der Waals surface area (Å²) < 4.78 is 0. The molecule has 1 nitrogen and oxygen atoms in total. The van der Waals surface area contributed by atoms with E-state index in [2.05, 4.69) is 48.6 Å². The van der Waals surface area contributed by atoms with Gasteiger partial charge < -0.3 is 5.32 Å². The van der Waals surface area contributed by atoms with Crippen LogP contribution in [0.15, 0.2) is 54.6 Å². The lowest BCUT2D eigenvalue weighted by Crippen LogP contribution is -2.26. The molecule has 0 saturated heterocycles. The monoisotopic (exact) mass is 285 g/mol. The summed E-state index contributed by atoms with van der Waals surface area (Å²) in [7, 11) is 0. The summed E-state index contributed by atoms with van der Waals surface area (Å²) in [5.41, 5.74) is 2.56. The molecule has 2 aromatic carbocycles. The minimum absolute atomic E-state index is 0.259. The fourth-order valence-corrected chi connectivity index (χ4v) is 3.08. The van der Waals surface area contributed by atoms with Crippen molar-refractivity contribution in [1.82, 2.24) is 5.32 Å². The standard InChI is InChI=1S/C18H20ClN/c1-13(16-9-5-6-10-17(16)19)20-18(15-11-12-15)14-7-3-2-4-8-14/h2-10,13,15,18,20H,11-12H2,1H3. The number of halogens is 1. The average Bonchev–Trinajstić information content (AvgIpc) is 3.30. The number of benzene rings is 2. The van der Waals surface area contributed by atoms with Gasteiger partial charge in [0.05, 0.1) is 0 Å². The number of rotatable bonds is 5. The van der Waals surface area contributed by atoms with Crippen LogP contribution in [0.5, 0.6) is 0 Å². The molecule has 2 heteroatoms. The van der Waals surface area contributed by atoms with Crippen molar-refractivity contribution in [2.24, 2.45) is 5.92 Å². The Morgan fingerprint density at radius 1 is 1.00 bits per heavy atom. The lowest BCUT2D eigenvalue weighted by molar-refractivity contribution is 0.427. The van der Waals surface area contributed by atoms with Gasteiger partial charge in [-0.3, -0.25) is 0 Å². The van der Waals surface area contributed by atoms with Crippen molar-refractivity contribution in [2.75, 3.05) is 0 Å². The van der Waals surface area contributed by atoms with E-state index in [4.69, 9.17) is 11.6 Å². The summed E-state index contributed by atoms with van der Waals surface area (Å²) >= 11 is 6.30. The van der Waals surface area contributed by atoms with Crippen molar-refractivity contribution in [2.45, 2.75) is 31.8 Å². The molecule has 0 amide bonds. The van der Waals surface area contributed by atoms with Crippen LogP contribution in [-0.4, -0.2) is 0 Å². The quantitative estimate of drug-likeness (QED) is 0.802. The molecule has 0 aromatic heterocycles. The van der Waals surface area contributed by atoms with Crippen molar-refractivity contribution in [1.29, 1.82) is 0 Å². The summed E-state index contributed by atoms with van der Waals surface area (Å²) in [6.45, 7) is 2.19. The molecule has 0 aliphatic heterocycles. The van der Waals surface area contributed by atoms with Crippen LogP contribution in [0.3, 0.4) is 0 Å². The van der Waals surface area contributed by atoms with E-state index in [1.54, 1.807) is 0 Å². The maximum absolute atomic E-state index is 6.30. The zero-order valence-electron chi connectivity index (χ0n) is 11.7. The molecule has 2 atom stereocenters. The maximum Gasteiger partial charge on any atom is 0.0453 e. The number of hydrogen-bond acceptors (Lipinski definition) is 1. The highest BCUT2D eigenvalue weighted by atomic mass is 35.5. The van der Waals surface area contributed by atoms with Gasteiger partial charge in [-0.05, 0) is 42.9 Å². The van der Waals surface area contributed by atoms with Gasteiger partial charge in [-0.15, -0.1) is 0 Å². The van der Waals surface area contributed by atoms with Crippen LogP contribution in [0, 0.1) is 5.92 Å². The first-order valence-electron chi connectivity index (χ1n) is 7.31. The Balaban J connectivity index is 1.79. The summed E-state index contributed by atoms with van der Waals surface area (Å²) in [5.74, 6) is 0.766. The molecular weight excluding hydrogens is 266 g/mol. The van der Waals surface area contributed by atoms with Crippen molar-refractivity contribution in [3.63, 3.8) is 0 Å². The van der Waals surface area contributed by atoms with Crippen LogP contribution in [0.4, 0.5) is 0 Å². The molecule has 1 aliphatic rings. The summed E-state index contributed by atoms with van der Waals surface area (Å²) in [4.78, 5) is 0. The van der Waals surface area contributed by atoms with Gasteiger partial charge in [0.25, 0.3) is 0 Å². The Labute approximate surface area is 126 Å². The van der Waals surface area contributed by atoms with Crippen molar-refractivity contribution in [3.8, 4) is 0 Å². The van der Waals surface area contributed by atoms with E-state index in [-0.39, 0.29) is 6.04 Å². The molecule has 2 unspecified atom stereocenters. The van der Waals surface area contributed by atoms with E-state index in [1.165, 1.54) is 24.0 Å². The Kier molecular flexibility index (Phi) is 4.09. The van der Waals surface area contributed by atoms with Gasteiger partial charge >= 0.3 is 0 Å². The molecule has 1 saturated carbocycles. The minimum atomic E-state index is 0.259. The Morgan fingerprint density at radius 2 is 1.65 bits per heavy atom. The molecule has 0 radical (unpaired) electrons. The molecular formula is C18H20ClN. The van der Waals surface area contributed by atoms with Crippen LogP contribution in [0.1, 0.15) is 43.0 Å². The molecule has 0 bridgehead atoms. The van der Waals surface area contributed by atoms with Crippen LogP contribution in [0.2, 0.25) is 5.02 Å². The third kappa shape index (κ3) is 3.05. The van der Waals surface area contributed by atoms with Gasteiger partial charge in [-0.2, -0.15) is 0 Å². The molecule has 3 rings (SSSR count). The SMILES string of the molecule is CC(NC(c1ccccc1)C1CC1)c1ccccc1Cl. The molecule has 20 heavy (non-hydrogen) atoms. The van der Waals surface area contributed by atoms with E-state index in [0.29, 0.717) is 6.04 Å². The largest absolute Gasteiger partial charge is 0.303 e. The molecule has 1 aliphatic carbocycles. The van der Waals surface area contributed by atoms with E-state index in [0.717, 1.165) is 10.9 Å². The topological polar surface area (TPSA) is 12.0 Å². The van der Waals surface area contributed by atoms with Crippen molar-refractivity contribution < 1.29 is 0 Å². The zero-order valence-corrected chi connectivity index (χ0v) is 12.5. The summed E-state index contributed by atoms with van der Waals surface area (Å²) in [6, 6.07) is 19.5. The van der Waals surface area contributed by atoms with Crippen LogP contribution in [-0.2, 0) is 0 Å². The van der Waals surface area contributed by atoms with Crippen LogP contribution >= 0.6 is 11.6 Å². The lowest BCUT2D eigenvalue weighted by Gasteiger charge is -2.24. The van der Waals surface area contributed by atoms with E-state index in [1.807, 2.05) is 18.2 Å². The summed E-state index contributed by atoms with van der Waals surface area (Å²) in [5, 5.41) is 4.61. The number of nitrogens with one attached hydrogen (secondary N) is 1. The smallest absolute Gasteiger partial charge is 0.0453 e. The predicted molar refractivity (Wildman–Crippen MR) is 84.9 cm³/mol. The van der Waals surface area contributed by atoms with Crippen molar-refractivity contribution >= 4 is 11.6 Å². The van der Waals surface area contributed by atoms with E-state index >= 15 is 0 Å². The third-order valence-corrected chi connectivity index (χ3v) is 4.40. The molecule has 0 heterocycles. The highest BCUT2D eigenvalue weighted by Gasteiger charge is 2.33. The first kappa shape index (κ1) is 13.7. The second kappa shape index (κ2) is 5.99. The molecule has 1 fully saturated rings. The fraction of sp³-hybridized carbons (Fsp3) is 0.333. The predicted octanol–water partition coefficient (Wildman–Crippen LogP) is 5.14. The molecule has 1 N–H and O–H groups in total. The Bertz CT molecular complexity index is 563. The highest BCUT2D eigenvalue weighted by molar-refractivity contribution is 6.31. The summed E-state index contributed by atoms with van der Waals surface area (Å²) in [6.07, 6.45) is 2.64. The fourth-order valence-electron chi connectivity index (χ4n) is 2.78. The van der Waals surface area contributed by atoms with Gasteiger partial charge in [-0.1, -0.05) is 60.1 Å². The minimum Gasteiger partial charge on any atom is -0.303 e. The average molecular weight is 286 g/mol. The van der Waals surface area contributed by atoms with Gasteiger partial charge in [0, 0.05) is 17.1 Å². The third-order valence-electron chi connectivity index (χ3n) is 4.05. The second-order valence-electron chi connectivity index (χ2n) is 5.64. The molecule has 104 valence electrons. The van der Waals surface area contributed by atoms with Gasteiger partial charge in [0.1, 0.15) is 0 Å². The van der Waals surface area contributed by atoms with E-state index in [9.17, 15) is 0 Å². The first-order chi connectivity index (χ1) is 9.75. The Hall–Kier alpha value is -1.31. The Morgan fingerprint density at radius 3 is 2.30 bits per heavy atom. The van der Waals surface area contributed by atoms with Crippen molar-refractivity contribution in [3.05, 3.63) is 70.7 Å². The van der Waals surface area contributed by atoms with E-state index < -0.39 is 0 Å². The maximum atomic E-state index is 6.30. The molecule has 0 spiro atoms. The van der Waals surface area contributed by atoms with Crippen LogP contribution < -0.4 is 5.32 Å². The van der Waals surface area contributed by atoms with Gasteiger partial charge in [0.2, 0.25) is 0 Å². The zero-order chi connectivity index (χ0) is 13.9. The van der Waals surface area contributed by atoms with Gasteiger partial charge in [0.15, 0.2) is 0 Å². The second-order valence-corrected chi connectivity index (χ2v) is 6.04. The lowest BCUT2D eigenvalue weighted by atomic mass is 9.99. The van der Waals surface area contributed by atoms with Gasteiger partial charge in [-0.25, -0.2) is 0 Å². The normalized spacial score (nSPS) is 17.7. The number of hydrogen-bond donors (Lipinski definition) is 1.